The molecule has 3 aromatic rings. The van der Waals surface area contributed by atoms with Gasteiger partial charge in [0.25, 0.3) is 5.91 Å². The molecule has 1 unspecified atom stereocenters. The Balaban J connectivity index is 1.66. The number of carbonyl (C=O) groups excluding carboxylic acids is 1. The van der Waals surface area contributed by atoms with E-state index in [1.807, 2.05) is 47.4 Å². The molecule has 2 heterocycles. The molecule has 1 saturated heterocycles. The van der Waals surface area contributed by atoms with Crippen molar-refractivity contribution in [1.82, 2.24) is 9.88 Å². The molecule has 1 amide bonds. The zero-order valence-corrected chi connectivity index (χ0v) is 16.3. The van der Waals surface area contributed by atoms with E-state index < -0.39 is 0 Å². The lowest BCUT2D eigenvalue weighted by Gasteiger charge is -2.26. The molecule has 146 valence electrons. The topological polar surface area (TPSA) is 63.8 Å². The maximum absolute atomic E-state index is 13.3. The largest absolute Gasteiger partial charge is 0.497 e. The Bertz CT molecular complexity index is 1010. The summed E-state index contributed by atoms with van der Waals surface area (Å²) in [5.74, 6) is 2.23. The second-order valence-electron chi connectivity index (χ2n) is 6.90. The number of amides is 1. The van der Waals surface area contributed by atoms with Crippen LogP contribution in [0.3, 0.4) is 0 Å². The van der Waals surface area contributed by atoms with E-state index in [1.165, 1.54) is 0 Å². The van der Waals surface area contributed by atoms with Gasteiger partial charge in [-0.1, -0.05) is 0 Å². The Labute approximate surface area is 164 Å². The lowest BCUT2D eigenvalue weighted by atomic mass is 10.0. The van der Waals surface area contributed by atoms with Gasteiger partial charge in [-0.05, 0) is 43.2 Å². The quantitative estimate of drug-likeness (QED) is 0.722. The van der Waals surface area contributed by atoms with E-state index in [9.17, 15) is 4.79 Å². The highest BCUT2D eigenvalue weighted by atomic mass is 16.5. The zero-order chi connectivity index (χ0) is 19.7. The number of aromatic nitrogens is 1. The van der Waals surface area contributed by atoms with E-state index >= 15 is 0 Å². The highest BCUT2D eigenvalue weighted by molar-refractivity contribution is 5.98. The molecule has 6 nitrogen and oxygen atoms in total. The Morgan fingerprint density at radius 1 is 1.00 bits per heavy atom. The number of rotatable bonds is 5. The summed E-state index contributed by atoms with van der Waals surface area (Å²) >= 11 is 0. The number of carbonyl (C=O) groups is 1. The van der Waals surface area contributed by atoms with Crippen molar-refractivity contribution < 1.29 is 19.0 Å². The molecule has 1 aromatic heterocycles. The van der Waals surface area contributed by atoms with Gasteiger partial charge in [0.1, 0.15) is 22.9 Å². The van der Waals surface area contributed by atoms with Gasteiger partial charge >= 0.3 is 0 Å². The van der Waals surface area contributed by atoms with Crippen molar-refractivity contribution in [2.24, 2.45) is 0 Å². The number of nitrogens with zero attached hydrogens (tertiary/aromatic N) is 1. The van der Waals surface area contributed by atoms with E-state index in [1.54, 1.807) is 21.3 Å². The molecule has 0 radical (unpaired) electrons. The van der Waals surface area contributed by atoms with Crippen LogP contribution in [0.15, 0.2) is 42.5 Å². The summed E-state index contributed by atoms with van der Waals surface area (Å²) < 4.78 is 16.1. The molecule has 0 spiro atoms. The minimum atomic E-state index is -0.0192. The van der Waals surface area contributed by atoms with E-state index in [4.69, 9.17) is 14.2 Å². The maximum Gasteiger partial charge on any atom is 0.270 e. The number of nitrogens with one attached hydrogen (secondary N) is 1. The highest BCUT2D eigenvalue weighted by Gasteiger charge is 2.33. The summed E-state index contributed by atoms with van der Waals surface area (Å²) in [5.41, 5.74) is 2.48. The normalized spacial score (nSPS) is 16.4. The number of aromatic amines is 1. The summed E-state index contributed by atoms with van der Waals surface area (Å²) in [7, 11) is 4.91. The fourth-order valence-electron chi connectivity index (χ4n) is 3.93. The number of methoxy groups -OCH3 is 3. The summed E-state index contributed by atoms with van der Waals surface area (Å²) in [6, 6.07) is 13.4. The molecule has 0 bridgehead atoms. The van der Waals surface area contributed by atoms with Gasteiger partial charge in [0.2, 0.25) is 0 Å². The third-order valence-electron chi connectivity index (χ3n) is 5.37. The molecular weight excluding hydrogens is 356 g/mol. The van der Waals surface area contributed by atoms with Crippen LogP contribution in [0, 0.1) is 0 Å². The maximum atomic E-state index is 13.3. The molecule has 6 heteroatoms. The monoisotopic (exact) mass is 380 g/mol. The molecule has 1 atom stereocenters. The first kappa shape index (κ1) is 18.2. The second kappa shape index (κ2) is 7.46. The Hall–Kier alpha value is -3.15. The van der Waals surface area contributed by atoms with Gasteiger partial charge in [-0.25, -0.2) is 0 Å². The third kappa shape index (κ3) is 3.15. The minimum Gasteiger partial charge on any atom is -0.497 e. The summed E-state index contributed by atoms with van der Waals surface area (Å²) in [4.78, 5) is 18.4. The smallest absolute Gasteiger partial charge is 0.270 e. The van der Waals surface area contributed by atoms with Gasteiger partial charge in [0.05, 0.1) is 27.4 Å². The Morgan fingerprint density at radius 3 is 2.50 bits per heavy atom. The van der Waals surface area contributed by atoms with Crippen molar-refractivity contribution in [3.8, 4) is 17.2 Å². The molecule has 4 rings (SSSR count). The summed E-state index contributed by atoms with van der Waals surface area (Å²) in [5, 5.41) is 0.988. The van der Waals surface area contributed by atoms with Crippen LogP contribution in [0.2, 0.25) is 0 Å². The minimum absolute atomic E-state index is 0.00413. The van der Waals surface area contributed by atoms with Crippen LogP contribution >= 0.6 is 0 Å². The predicted octanol–water partition coefficient (Wildman–Crippen LogP) is 4.17. The number of ether oxygens (including phenoxy) is 3. The van der Waals surface area contributed by atoms with Crippen molar-refractivity contribution >= 4 is 16.8 Å². The SMILES string of the molecule is COc1ccc(C2CCCN2C(=O)c2cc3ccc(OC)cc3[nH]2)c(OC)c1. The number of fused-ring (bicyclic) bond motifs is 1. The molecule has 1 N–H and O–H groups in total. The van der Waals surface area contributed by atoms with Gasteiger partial charge in [-0.3, -0.25) is 4.79 Å². The molecule has 0 saturated carbocycles. The van der Waals surface area contributed by atoms with Crippen molar-refractivity contribution in [3.63, 3.8) is 0 Å². The third-order valence-corrected chi connectivity index (χ3v) is 5.37. The van der Waals surface area contributed by atoms with Gasteiger partial charge < -0.3 is 24.1 Å². The molecule has 1 aliphatic rings. The first-order valence-corrected chi connectivity index (χ1v) is 9.34. The summed E-state index contributed by atoms with van der Waals surface area (Å²) in [6.45, 7) is 0.720. The first-order valence-electron chi connectivity index (χ1n) is 9.34. The van der Waals surface area contributed by atoms with Crippen LogP contribution < -0.4 is 14.2 Å². The van der Waals surface area contributed by atoms with Crippen molar-refractivity contribution in [1.29, 1.82) is 0 Å². The van der Waals surface area contributed by atoms with Crippen molar-refractivity contribution in [2.45, 2.75) is 18.9 Å². The zero-order valence-electron chi connectivity index (χ0n) is 16.3. The van der Waals surface area contributed by atoms with E-state index in [2.05, 4.69) is 4.98 Å². The van der Waals surface area contributed by atoms with Gasteiger partial charge in [-0.15, -0.1) is 0 Å². The fourth-order valence-corrected chi connectivity index (χ4v) is 3.93. The van der Waals surface area contributed by atoms with Crippen LogP contribution in [0.1, 0.15) is 34.9 Å². The number of hydrogen-bond acceptors (Lipinski definition) is 4. The standard InChI is InChI=1S/C22H24N2O4/c1-26-15-7-6-14-11-19(23-18(14)12-15)22(25)24-10-4-5-20(24)17-9-8-16(27-2)13-21(17)28-3/h6-9,11-13,20,23H,4-5,10H2,1-3H3. The average Bonchev–Trinajstić information content (AvgIpc) is 3.39. The summed E-state index contributed by atoms with van der Waals surface area (Å²) in [6.07, 6.45) is 1.86. The predicted molar refractivity (Wildman–Crippen MR) is 107 cm³/mol. The van der Waals surface area contributed by atoms with Crippen LogP contribution in [-0.2, 0) is 0 Å². The number of H-pyrrole nitrogens is 1. The van der Waals surface area contributed by atoms with E-state index in [0.29, 0.717) is 5.69 Å². The Morgan fingerprint density at radius 2 is 1.75 bits per heavy atom. The van der Waals surface area contributed by atoms with Crippen LogP contribution in [0.4, 0.5) is 0 Å². The number of hydrogen-bond donors (Lipinski definition) is 1. The molecule has 28 heavy (non-hydrogen) atoms. The van der Waals surface area contributed by atoms with E-state index in [0.717, 1.165) is 53.1 Å². The van der Waals surface area contributed by atoms with Gasteiger partial charge in [0, 0.05) is 35.1 Å². The highest BCUT2D eigenvalue weighted by Crippen LogP contribution is 2.39. The average molecular weight is 380 g/mol. The van der Waals surface area contributed by atoms with Gasteiger partial charge in [0.15, 0.2) is 0 Å². The van der Waals surface area contributed by atoms with Crippen LogP contribution in [-0.4, -0.2) is 43.7 Å². The molecule has 1 fully saturated rings. The molecule has 0 aliphatic carbocycles. The molecule has 1 aliphatic heterocycles. The van der Waals surface area contributed by atoms with Crippen molar-refractivity contribution in [3.05, 3.63) is 53.7 Å². The van der Waals surface area contributed by atoms with Crippen LogP contribution in [0.5, 0.6) is 17.2 Å². The Kier molecular flexibility index (Phi) is 4.86. The molecule has 2 aromatic carbocycles. The first-order chi connectivity index (χ1) is 13.6. The lowest BCUT2D eigenvalue weighted by Crippen LogP contribution is -2.31. The van der Waals surface area contributed by atoms with E-state index in [-0.39, 0.29) is 11.9 Å². The van der Waals surface area contributed by atoms with Gasteiger partial charge in [-0.2, -0.15) is 0 Å². The number of likely N-dealkylation sites (tertiary alicyclic amines) is 1. The van der Waals surface area contributed by atoms with Crippen LogP contribution in [0.25, 0.3) is 10.9 Å². The lowest BCUT2D eigenvalue weighted by molar-refractivity contribution is 0.0729. The number of benzene rings is 2. The van der Waals surface area contributed by atoms with Crippen molar-refractivity contribution in [2.75, 3.05) is 27.9 Å². The fraction of sp³-hybridized carbons (Fsp3) is 0.318. The molecular formula is C22H24N2O4. The second-order valence-corrected chi connectivity index (χ2v) is 6.90.